The standard InChI is InChI=1S/C19H30O2/c1-12(2)14-7-15(13(3)4)9-16(8-14)19(5)17(10-20)18(19)11-21-6/h7-9,12-13,17-18,20H,10-11H2,1-6H3/t17-,18?,19?/m0/s1. The molecular weight excluding hydrogens is 260 g/mol. The molecule has 3 atom stereocenters. The molecule has 0 saturated heterocycles. The lowest BCUT2D eigenvalue weighted by atomic mass is 9.86. The highest BCUT2D eigenvalue weighted by atomic mass is 16.5. The van der Waals surface area contributed by atoms with E-state index in [4.69, 9.17) is 4.74 Å². The predicted octanol–water partition coefficient (Wildman–Crippen LogP) is 4.08. The van der Waals surface area contributed by atoms with Gasteiger partial charge in [-0.2, -0.15) is 0 Å². The first kappa shape index (κ1) is 16.5. The van der Waals surface area contributed by atoms with Gasteiger partial charge in [-0.25, -0.2) is 0 Å². The van der Waals surface area contributed by atoms with Gasteiger partial charge in [-0.3, -0.25) is 0 Å². The summed E-state index contributed by atoms with van der Waals surface area (Å²) in [4.78, 5) is 0. The molecule has 118 valence electrons. The third kappa shape index (κ3) is 2.89. The van der Waals surface area contributed by atoms with E-state index in [1.54, 1.807) is 7.11 Å². The lowest BCUT2D eigenvalue weighted by Crippen LogP contribution is -2.11. The molecule has 2 nitrogen and oxygen atoms in total. The fourth-order valence-electron chi connectivity index (χ4n) is 3.57. The number of hydrogen-bond acceptors (Lipinski definition) is 2. The SMILES string of the molecule is COCC1[C@H](CO)C1(C)c1cc(C(C)C)cc(C(C)C)c1. The minimum Gasteiger partial charge on any atom is -0.396 e. The second kappa shape index (κ2) is 6.10. The van der Waals surface area contributed by atoms with Crippen molar-refractivity contribution in [3.05, 3.63) is 34.9 Å². The lowest BCUT2D eigenvalue weighted by Gasteiger charge is -2.19. The molecular formula is C19H30O2. The number of ether oxygens (including phenoxy) is 1. The molecule has 0 heterocycles. The van der Waals surface area contributed by atoms with Crippen molar-refractivity contribution in [1.29, 1.82) is 0 Å². The van der Waals surface area contributed by atoms with Crippen molar-refractivity contribution in [2.24, 2.45) is 11.8 Å². The number of aliphatic hydroxyl groups is 1. The van der Waals surface area contributed by atoms with Gasteiger partial charge in [0.05, 0.1) is 6.61 Å². The quantitative estimate of drug-likeness (QED) is 0.855. The summed E-state index contributed by atoms with van der Waals surface area (Å²) in [5.41, 5.74) is 4.23. The van der Waals surface area contributed by atoms with Crippen LogP contribution in [0.2, 0.25) is 0 Å². The number of rotatable bonds is 6. The van der Waals surface area contributed by atoms with Crippen LogP contribution in [0.5, 0.6) is 0 Å². The van der Waals surface area contributed by atoms with Gasteiger partial charge in [-0.1, -0.05) is 52.8 Å². The largest absolute Gasteiger partial charge is 0.396 e. The topological polar surface area (TPSA) is 29.5 Å². The van der Waals surface area contributed by atoms with Gasteiger partial charge >= 0.3 is 0 Å². The van der Waals surface area contributed by atoms with Gasteiger partial charge in [-0.15, -0.1) is 0 Å². The van der Waals surface area contributed by atoms with E-state index < -0.39 is 0 Å². The summed E-state index contributed by atoms with van der Waals surface area (Å²) in [5.74, 6) is 1.80. The zero-order valence-electron chi connectivity index (χ0n) is 14.3. The van der Waals surface area contributed by atoms with Crippen molar-refractivity contribution in [2.45, 2.75) is 51.9 Å². The Morgan fingerprint density at radius 1 is 1.05 bits per heavy atom. The van der Waals surface area contributed by atoms with E-state index in [0.717, 1.165) is 6.61 Å². The van der Waals surface area contributed by atoms with Crippen LogP contribution in [0.4, 0.5) is 0 Å². The zero-order chi connectivity index (χ0) is 15.8. The number of hydrogen-bond donors (Lipinski definition) is 1. The molecule has 0 radical (unpaired) electrons. The average molecular weight is 290 g/mol. The third-order valence-corrected chi connectivity index (χ3v) is 5.39. The van der Waals surface area contributed by atoms with E-state index in [9.17, 15) is 5.11 Å². The van der Waals surface area contributed by atoms with Crippen LogP contribution < -0.4 is 0 Å². The molecule has 0 bridgehead atoms. The molecule has 1 aliphatic carbocycles. The summed E-state index contributed by atoms with van der Waals surface area (Å²) in [6.07, 6.45) is 0. The van der Waals surface area contributed by atoms with E-state index in [1.807, 2.05) is 0 Å². The molecule has 1 aromatic rings. The van der Waals surface area contributed by atoms with E-state index >= 15 is 0 Å². The zero-order valence-corrected chi connectivity index (χ0v) is 14.3. The molecule has 2 unspecified atom stereocenters. The maximum absolute atomic E-state index is 9.70. The van der Waals surface area contributed by atoms with Gasteiger partial charge in [-0.05, 0) is 40.4 Å². The molecule has 2 rings (SSSR count). The fourth-order valence-corrected chi connectivity index (χ4v) is 3.57. The molecule has 1 N–H and O–H groups in total. The van der Waals surface area contributed by atoms with Crippen LogP contribution in [0.15, 0.2) is 18.2 Å². The van der Waals surface area contributed by atoms with Gasteiger partial charge in [0.25, 0.3) is 0 Å². The minimum absolute atomic E-state index is 0.0549. The molecule has 1 aliphatic rings. The molecule has 21 heavy (non-hydrogen) atoms. The molecule has 0 aliphatic heterocycles. The van der Waals surface area contributed by atoms with Crippen molar-refractivity contribution >= 4 is 0 Å². The Kier molecular flexibility index (Phi) is 4.79. The Labute approximate surface area is 129 Å². The van der Waals surface area contributed by atoms with Crippen LogP contribution in [-0.4, -0.2) is 25.4 Å². The Bertz CT molecular complexity index is 466. The second-order valence-electron chi connectivity index (χ2n) is 7.33. The highest BCUT2D eigenvalue weighted by molar-refractivity contribution is 5.43. The van der Waals surface area contributed by atoms with Gasteiger partial charge in [0.15, 0.2) is 0 Å². The van der Waals surface area contributed by atoms with E-state index in [2.05, 4.69) is 52.8 Å². The van der Waals surface area contributed by atoms with Crippen LogP contribution in [0.25, 0.3) is 0 Å². The minimum atomic E-state index is 0.0549. The van der Waals surface area contributed by atoms with Gasteiger partial charge in [0.2, 0.25) is 0 Å². The van der Waals surface area contributed by atoms with Crippen LogP contribution in [0, 0.1) is 11.8 Å². The molecule has 2 heteroatoms. The summed E-state index contributed by atoms with van der Waals surface area (Å²) in [7, 11) is 1.75. The highest BCUT2D eigenvalue weighted by Gasteiger charge is 2.61. The molecule has 0 aromatic heterocycles. The van der Waals surface area contributed by atoms with Crippen molar-refractivity contribution in [3.8, 4) is 0 Å². The Hall–Kier alpha value is -0.860. The summed E-state index contributed by atoms with van der Waals surface area (Å²) >= 11 is 0. The van der Waals surface area contributed by atoms with E-state index in [1.165, 1.54) is 16.7 Å². The van der Waals surface area contributed by atoms with Gasteiger partial charge < -0.3 is 9.84 Å². The Balaban J connectivity index is 2.43. The first-order valence-corrected chi connectivity index (χ1v) is 8.11. The first-order valence-electron chi connectivity index (χ1n) is 8.11. The van der Waals surface area contributed by atoms with Crippen LogP contribution in [-0.2, 0) is 10.2 Å². The maximum atomic E-state index is 9.70. The second-order valence-corrected chi connectivity index (χ2v) is 7.33. The highest BCUT2D eigenvalue weighted by Crippen LogP contribution is 2.60. The molecule has 1 saturated carbocycles. The van der Waals surface area contributed by atoms with Crippen LogP contribution in [0.1, 0.15) is 63.1 Å². The lowest BCUT2D eigenvalue weighted by molar-refractivity contribution is 0.169. The fraction of sp³-hybridized carbons (Fsp3) is 0.684. The van der Waals surface area contributed by atoms with Crippen molar-refractivity contribution in [2.75, 3.05) is 20.3 Å². The van der Waals surface area contributed by atoms with E-state index in [0.29, 0.717) is 23.7 Å². The van der Waals surface area contributed by atoms with Gasteiger partial charge in [0.1, 0.15) is 0 Å². The summed E-state index contributed by atoms with van der Waals surface area (Å²) in [5, 5.41) is 9.70. The third-order valence-electron chi connectivity index (χ3n) is 5.39. The number of aliphatic hydroxyl groups excluding tert-OH is 1. The first-order chi connectivity index (χ1) is 9.86. The maximum Gasteiger partial charge on any atom is 0.0502 e. The molecule has 1 aromatic carbocycles. The van der Waals surface area contributed by atoms with Crippen molar-refractivity contribution < 1.29 is 9.84 Å². The van der Waals surface area contributed by atoms with E-state index in [-0.39, 0.29) is 12.0 Å². The number of benzene rings is 1. The molecule has 1 fully saturated rings. The predicted molar refractivity (Wildman–Crippen MR) is 87.9 cm³/mol. The van der Waals surface area contributed by atoms with Crippen molar-refractivity contribution in [3.63, 3.8) is 0 Å². The van der Waals surface area contributed by atoms with Crippen molar-refractivity contribution in [1.82, 2.24) is 0 Å². The summed E-state index contributed by atoms with van der Waals surface area (Å²) in [6, 6.07) is 7.02. The Morgan fingerprint density at radius 3 is 1.95 bits per heavy atom. The monoisotopic (exact) mass is 290 g/mol. The van der Waals surface area contributed by atoms with Crippen LogP contribution in [0.3, 0.4) is 0 Å². The van der Waals surface area contributed by atoms with Crippen LogP contribution >= 0.6 is 0 Å². The normalized spacial score (nSPS) is 28.4. The summed E-state index contributed by atoms with van der Waals surface area (Å²) < 4.78 is 5.36. The Morgan fingerprint density at radius 2 is 1.57 bits per heavy atom. The van der Waals surface area contributed by atoms with Gasteiger partial charge in [0, 0.05) is 19.1 Å². The average Bonchev–Trinajstić information content (AvgIpc) is 3.03. The molecule has 0 spiro atoms. The molecule has 0 amide bonds. The summed E-state index contributed by atoms with van der Waals surface area (Å²) in [6.45, 7) is 12.2. The number of methoxy groups -OCH3 is 1. The smallest absolute Gasteiger partial charge is 0.0502 e.